The van der Waals surface area contributed by atoms with Crippen LogP contribution in [0.2, 0.25) is 0 Å². The first-order chi connectivity index (χ1) is 9.56. The Kier molecular flexibility index (Phi) is 4.78. The van der Waals surface area contributed by atoms with Crippen molar-refractivity contribution in [2.24, 2.45) is 5.92 Å². The van der Waals surface area contributed by atoms with Gasteiger partial charge in [0.1, 0.15) is 5.82 Å². The summed E-state index contributed by atoms with van der Waals surface area (Å²) in [5.74, 6) is 0.348. The van der Waals surface area contributed by atoms with Crippen LogP contribution in [0, 0.1) is 18.7 Å². The summed E-state index contributed by atoms with van der Waals surface area (Å²) in [5, 5.41) is 3.36. The van der Waals surface area contributed by atoms with Crippen LogP contribution in [0.1, 0.15) is 37.4 Å². The molecule has 106 valence electrons. The van der Waals surface area contributed by atoms with Crippen molar-refractivity contribution in [3.8, 4) is 0 Å². The van der Waals surface area contributed by atoms with E-state index in [0.717, 1.165) is 12.0 Å². The van der Waals surface area contributed by atoms with Crippen LogP contribution in [0.4, 0.5) is 10.1 Å². The highest BCUT2D eigenvalue weighted by Crippen LogP contribution is 2.27. The average molecular weight is 271 g/mol. The maximum atomic E-state index is 13.9. The van der Waals surface area contributed by atoms with Gasteiger partial charge in [-0.05, 0) is 42.5 Å². The number of benzene rings is 2. The van der Waals surface area contributed by atoms with E-state index in [9.17, 15) is 4.39 Å². The molecule has 0 bridgehead atoms. The Hall–Kier alpha value is -1.83. The lowest BCUT2D eigenvalue weighted by Gasteiger charge is -2.23. The summed E-state index contributed by atoms with van der Waals surface area (Å²) in [6.45, 7) is 6.35. The Bertz CT molecular complexity index is 549. The lowest BCUT2D eigenvalue weighted by atomic mass is 9.96. The van der Waals surface area contributed by atoms with Crippen molar-refractivity contribution >= 4 is 5.69 Å². The summed E-state index contributed by atoms with van der Waals surface area (Å²) in [5.41, 5.74) is 2.84. The van der Waals surface area contributed by atoms with Crippen molar-refractivity contribution in [3.63, 3.8) is 0 Å². The molecule has 1 nitrogen and oxygen atoms in total. The molecule has 0 fully saturated rings. The zero-order valence-electron chi connectivity index (χ0n) is 12.4. The van der Waals surface area contributed by atoms with Crippen molar-refractivity contribution < 1.29 is 4.39 Å². The van der Waals surface area contributed by atoms with Crippen molar-refractivity contribution in [2.75, 3.05) is 5.32 Å². The maximum absolute atomic E-state index is 13.9. The van der Waals surface area contributed by atoms with Crippen LogP contribution in [0.5, 0.6) is 0 Å². The van der Waals surface area contributed by atoms with Crippen LogP contribution in [-0.2, 0) is 0 Å². The number of halogens is 1. The molecule has 2 aromatic carbocycles. The van der Waals surface area contributed by atoms with Crippen LogP contribution in [0.3, 0.4) is 0 Å². The molecule has 0 aliphatic rings. The molecule has 2 aromatic rings. The lowest BCUT2D eigenvalue weighted by molar-refractivity contribution is 0.527. The molecule has 1 atom stereocenters. The Morgan fingerprint density at radius 1 is 1.05 bits per heavy atom. The van der Waals surface area contributed by atoms with Crippen molar-refractivity contribution in [1.29, 1.82) is 0 Å². The highest BCUT2D eigenvalue weighted by atomic mass is 19.1. The lowest BCUT2D eigenvalue weighted by Crippen LogP contribution is -2.14. The van der Waals surface area contributed by atoms with Crippen LogP contribution in [-0.4, -0.2) is 0 Å². The van der Waals surface area contributed by atoms with Crippen molar-refractivity contribution in [2.45, 2.75) is 33.2 Å². The van der Waals surface area contributed by atoms with Gasteiger partial charge in [0, 0.05) is 0 Å². The number of nitrogens with one attached hydrogen (secondary N) is 1. The number of rotatable bonds is 5. The van der Waals surface area contributed by atoms with E-state index in [4.69, 9.17) is 0 Å². The number of aryl methyl sites for hydroxylation is 1. The summed E-state index contributed by atoms with van der Waals surface area (Å²) < 4.78 is 13.9. The molecule has 0 heterocycles. The molecule has 2 heteroatoms. The second-order valence-corrected chi connectivity index (χ2v) is 5.72. The highest BCUT2D eigenvalue weighted by molar-refractivity contribution is 5.49. The molecular weight excluding hydrogens is 249 g/mol. The third-order valence-corrected chi connectivity index (χ3v) is 3.36. The van der Waals surface area contributed by atoms with E-state index >= 15 is 0 Å². The average Bonchev–Trinajstić information content (AvgIpc) is 2.42. The van der Waals surface area contributed by atoms with Crippen LogP contribution < -0.4 is 5.32 Å². The molecule has 0 amide bonds. The molecule has 0 spiro atoms. The summed E-state index contributed by atoms with van der Waals surface area (Å²) in [4.78, 5) is 0. The van der Waals surface area contributed by atoms with E-state index in [0.29, 0.717) is 11.6 Å². The predicted octanol–water partition coefficient (Wildman–Crippen LogP) is 5.33. The van der Waals surface area contributed by atoms with Crippen LogP contribution in [0.25, 0.3) is 0 Å². The van der Waals surface area contributed by atoms with Gasteiger partial charge in [0.25, 0.3) is 0 Å². The van der Waals surface area contributed by atoms with E-state index in [2.05, 4.69) is 31.3 Å². The predicted molar refractivity (Wildman–Crippen MR) is 83.4 cm³/mol. The van der Waals surface area contributed by atoms with Gasteiger partial charge in [0.15, 0.2) is 0 Å². The van der Waals surface area contributed by atoms with Gasteiger partial charge in [-0.3, -0.25) is 0 Å². The molecular formula is C18H22FN. The minimum atomic E-state index is -0.194. The Morgan fingerprint density at radius 2 is 1.75 bits per heavy atom. The van der Waals surface area contributed by atoms with Crippen LogP contribution in [0.15, 0.2) is 48.5 Å². The summed E-state index contributed by atoms with van der Waals surface area (Å²) in [7, 11) is 0. The first-order valence-electron chi connectivity index (χ1n) is 7.14. The third kappa shape index (κ3) is 3.83. The van der Waals surface area contributed by atoms with Gasteiger partial charge in [0.2, 0.25) is 0 Å². The zero-order chi connectivity index (χ0) is 14.5. The standard InChI is InChI=1S/C18H22FN/c1-13(2)11-17(15-7-5-4-6-8-15)20-18-12-14(3)9-10-16(18)19/h4-10,12-13,17,20H,11H2,1-3H3. The minimum Gasteiger partial charge on any atom is -0.376 e. The van der Waals surface area contributed by atoms with Crippen molar-refractivity contribution in [1.82, 2.24) is 0 Å². The fourth-order valence-corrected chi connectivity index (χ4v) is 2.37. The number of hydrogen-bond acceptors (Lipinski definition) is 1. The van der Waals surface area contributed by atoms with Gasteiger partial charge >= 0.3 is 0 Å². The minimum absolute atomic E-state index is 0.132. The van der Waals surface area contributed by atoms with Gasteiger partial charge in [-0.15, -0.1) is 0 Å². The fourth-order valence-electron chi connectivity index (χ4n) is 2.37. The largest absolute Gasteiger partial charge is 0.376 e. The fraction of sp³-hybridized carbons (Fsp3) is 0.333. The Labute approximate surface area is 120 Å². The van der Waals surface area contributed by atoms with Crippen LogP contribution >= 0.6 is 0 Å². The molecule has 20 heavy (non-hydrogen) atoms. The third-order valence-electron chi connectivity index (χ3n) is 3.36. The maximum Gasteiger partial charge on any atom is 0.146 e. The first kappa shape index (κ1) is 14.6. The summed E-state index contributed by atoms with van der Waals surface area (Å²) >= 11 is 0. The van der Waals surface area contributed by atoms with Gasteiger partial charge in [-0.2, -0.15) is 0 Å². The van der Waals surface area contributed by atoms with Crippen molar-refractivity contribution in [3.05, 3.63) is 65.5 Å². The second-order valence-electron chi connectivity index (χ2n) is 5.72. The summed E-state index contributed by atoms with van der Waals surface area (Å²) in [6, 6.07) is 15.5. The molecule has 0 saturated carbocycles. The van der Waals surface area contributed by atoms with E-state index in [1.807, 2.05) is 31.2 Å². The van der Waals surface area contributed by atoms with Gasteiger partial charge in [0.05, 0.1) is 11.7 Å². The molecule has 0 saturated heterocycles. The number of anilines is 1. The Morgan fingerprint density at radius 3 is 2.40 bits per heavy atom. The number of hydrogen-bond donors (Lipinski definition) is 1. The molecule has 1 unspecified atom stereocenters. The van der Waals surface area contributed by atoms with Gasteiger partial charge < -0.3 is 5.32 Å². The smallest absolute Gasteiger partial charge is 0.146 e. The normalized spacial score (nSPS) is 12.4. The first-order valence-corrected chi connectivity index (χ1v) is 7.14. The van der Waals surface area contributed by atoms with E-state index < -0.39 is 0 Å². The topological polar surface area (TPSA) is 12.0 Å². The summed E-state index contributed by atoms with van der Waals surface area (Å²) in [6.07, 6.45) is 0.970. The second kappa shape index (κ2) is 6.56. The Balaban J connectivity index is 2.26. The van der Waals surface area contributed by atoms with E-state index in [1.165, 1.54) is 11.6 Å². The SMILES string of the molecule is Cc1ccc(F)c(NC(CC(C)C)c2ccccc2)c1. The highest BCUT2D eigenvalue weighted by Gasteiger charge is 2.15. The monoisotopic (exact) mass is 271 g/mol. The van der Waals surface area contributed by atoms with E-state index in [-0.39, 0.29) is 11.9 Å². The molecule has 0 aromatic heterocycles. The van der Waals surface area contributed by atoms with E-state index in [1.54, 1.807) is 6.07 Å². The van der Waals surface area contributed by atoms with Gasteiger partial charge in [-0.25, -0.2) is 4.39 Å². The molecule has 0 aliphatic heterocycles. The molecule has 0 radical (unpaired) electrons. The quantitative estimate of drug-likeness (QED) is 0.774. The molecule has 2 rings (SSSR count). The molecule has 0 aliphatic carbocycles. The zero-order valence-corrected chi connectivity index (χ0v) is 12.4. The van der Waals surface area contributed by atoms with Gasteiger partial charge in [-0.1, -0.05) is 50.2 Å². The molecule has 1 N–H and O–H groups in total.